The minimum Gasteiger partial charge on any atom is -0.302 e. The van der Waals surface area contributed by atoms with Gasteiger partial charge in [0.25, 0.3) is 0 Å². The fourth-order valence-corrected chi connectivity index (χ4v) is 1.19. The van der Waals surface area contributed by atoms with Gasteiger partial charge in [0.05, 0.1) is 5.92 Å². The van der Waals surface area contributed by atoms with Gasteiger partial charge in [-0.25, -0.2) is 0 Å². The van der Waals surface area contributed by atoms with Crippen LogP contribution in [0.15, 0.2) is 24.3 Å². The Kier molecular flexibility index (Phi) is 3.00. The van der Waals surface area contributed by atoms with Gasteiger partial charge in [-0.05, 0) is 11.6 Å². The number of halogens is 1. The molecular weight excluding hydrogens is 176 g/mol. The molecule has 1 aromatic rings. The summed E-state index contributed by atoms with van der Waals surface area (Å²) in [5.41, 5.74) is 0.559. The summed E-state index contributed by atoms with van der Waals surface area (Å²) in [5.74, 6) is -0.737. The van der Waals surface area contributed by atoms with Crippen LogP contribution in [0.2, 0.25) is 5.02 Å². The van der Waals surface area contributed by atoms with E-state index in [1.165, 1.54) is 0 Å². The van der Waals surface area contributed by atoms with Gasteiger partial charge in [0, 0.05) is 5.02 Å². The smallest absolute Gasteiger partial charge is 0.134 e. The van der Waals surface area contributed by atoms with Crippen molar-refractivity contribution in [3.05, 3.63) is 34.9 Å². The molecule has 0 unspecified atom stereocenters. The van der Waals surface area contributed by atoms with Crippen LogP contribution in [0, 0.1) is 0 Å². The number of hydrogen-bond acceptors (Lipinski definition) is 2. The standard InChI is InChI=1S/C9H7ClO2/c10-9-4-2-1-3-8(9)7(5-11)6-12/h1-7H. The van der Waals surface area contributed by atoms with E-state index in [1.807, 2.05) is 0 Å². The first-order valence-corrected chi connectivity index (χ1v) is 3.82. The SMILES string of the molecule is O=CC(C=O)c1ccccc1Cl. The van der Waals surface area contributed by atoms with E-state index in [1.54, 1.807) is 24.3 Å². The summed E-state index contributed by atoms with van der Waals surface area (Å²) in [6.07, 6.45) is 1.16. The predicted molar refractivity (Wildman–Crippen MR) is 46.3 cm³/mol. The molecule has 0 aliphatic rings. The number of aldehydes is 2. The van der Waals surface area contributed by atoms with Crippen LogP contribution >= 0.6 is 11.6 Å². The molecule has 62 valence electrons. The third-order valence-corrected chi connectivity index (χ3v) is 1.90. The molecule has 0 saturated carbocycles. The highest BCUT2D eigenvalue weighted by molar-refractivity contribution is 6.31. The van der Waals surface area contributed by atoms with Crippen molar-refractivity contribution in [2.24, 2.45) is 0 Å². The van der Waals surface area contributed by atoms with Gasteiger partial charge in [-0.3, -0.25) is 0 Å². The zero-order valence-corrected chi connectivity index (χ0v) is 6.99. The number of rotatable bonds is 3. The van der Waals surface area contributed by atoms with Crippen molar-refractivity contribution in [1.29, 1.82) is 0 Å². The second-order valence-electron chi connectivity index (χ2n) is 2.32. The van der Waals surface area contributed by atoms with Crippen LogP contribution < -0.4 is 0 Å². The van der Waals surface area contributed by atoms with Gasteiger partial charge in [0.15, 0.2) is 0 Å². The number of carbonyl (C=O) groups excluding carboxylic acids is 2. The van der Waals surface area contributed by atoms with Gasteiger partial charge >= 0.3 is 0 Å². The van der Waals surface area contributed by atoms with Crippen molar-refractivity contribution < 1.29 is 9.59 Å². The molecule has 1 aromatic carbocycles. The van der Waals surface area contributed by atoms with E-state index in [4.69, 9.17) is 11.6 Å². The molecular formula is C9H7ClO2. The maximum Gasteiger partial charge on any atom is 0.134 e. The van der Waals surface area contributed by atoms with Gasteiger partial charge < -0.3 is 9.59 Å². The van der Waals surface area contributed by atoms with Crippen molar-refractivity contribution in [3.8, 4) is 0 Å². The van der Waals surface area contributed by atoms with E-state index in [0.29, 0.717) is 23.2 Å². The summed E-state index contributed by atoms with van der Waals surface area (Å²) in [4.78, 5) is 20.8. The van der Waals surface area contributed by atoms with E-state index in [2.05, 4.69) is 0 Å². The third-order valence-electron chi connectivity index (χ3n) is 1.56. The minimum atomic E-state index is -0.737. The predicted octanol–water partition coefficient (Wildman–Crippen LogP) is 1.82. The summed E-state index contributed by atoms with van der Waals surface area (Å²) in [6, 6.07) is 6.80. The minimum absolute atomic E-state index is 0.446. The van der Waals surface area contributed by atoms with E-state index in [9.17, 15) is 9.59 Å². The van der Waals surface area contributed by atoms with Crippen LogP contribution in [0.5, 0.6) is 0 Å². The lowest BCUT2D eigenvalue weighted by atomic mass is 10.0. The fraction of sp³-hybridized carbons (Fsp3) is 0.111. The first kappa shape index (κ1) is 8.94. The highest BCUT2D eigenvalue weighted by Gasteiger charge is 2.11. The van der Waals surface area contributed by atoms with E-state index in [0.717, 1.165) is 0 Å². The molecule has 0 amide bonds. The molecule has 12 heavy (non-hydrogen) atoms. The largest absolute Gasteiger partial charge is 0.302 e. The molecule has 0 aliphatic heterocycles. The number of benzene rings is 1. The molecule has 0 aromatic heterocycles. The Hall–Kier alpha value is -1.15. The van der Waals surface area contributed by atoms with E-state index < -0.39 is 5.92 Å². The first-order chi connectivity index (χ1) is 5.79. The van der Waals surface area contributed by atoms with Crippen molar-refractivity contribution in [1.82, 2.24) is 0 Å². The van der Waals surface area contributed by atoms with Crippen molar-refractivity contribution in [2.45, 2.75) is 5.92 Å². The molecule has 0 spiro atoms. The van der Waals surface area contributed by atoms with Crippen LogP contribution in [-0.4, -0.2) is 12.6 Å². The Labute approximate surface area is 75.2 Å². The quantitative estimate of drug-likeness (QED) is 0.528. The lowest BCUT2D eigenvalue weighted by molar-refractivity contribution is -0.116. The third kappa shape index (κ3) is 1.71. The van der Waals surface area contributed by atoms with Crippen LogP contribution in [-0.2, 0) is 9.59 Å². The molecule has 0 atom stereocenters. The fourth-order valence-electron chi connectivity index (χ4n) is 0.924. The number of carbonyl (C=O) groups is 2. The Bertz CT molecular complexity index is 288. The molecule has 0 N–H and O–H groups in total. The van der Waals surface area contributed by atoms with Crippen molar-refractivity contribution in [2.75, 3.05) is 0 Å². The molecule has 0 aliphatic carbocycles. The summed E-state index contributed by atoms with van der Waals surface area (Å²) >= 11 is 5.76. The Morgan fingerprint density at radius 2 is 1.75 bits per heavy atom. The average molecular weight is 183 g/mol. The topological polar surface area (TPSA) is 34.1 Å². The summed E-state index contributed by atoms with van der Waals surface area (Å²) in [6.45, 7) is 0. The molecule has 0 heterocycles. The van der Waals surface area contributed by atoms with Gasteiger partial charge in [0.2, 0.25) is 0 Å². The van der Waals surface area contributed by atoms with Crippen LogP contribution in [0.25, 0.3) is 0 Å². The lowest BCUT2D eigenvalue weighted by Gasteiger charge is -2.03. The van der Waals surface area contributed by atoms with Crippen LogP contribution in [0.1, 0.15) is 11.5 Å². The monoisotopic (exact) mass is 182 g/mol. The van der Waals surface area contributed by atoms with Crippen LogP contribution in [0.4, 0.5) is 0 Å². The Morgan fingerprint density at radius 1 is 1.17 bits per heavy atom. The first-order valence-electron chi connectivity index (χ1n) is 3.44. The highest BCUT2D eigenvalue weighted by atomic mass is 35.5. The maximum atomic E-state index is 10.4. The molecule has 1 rings (SSSR count). The van der Waals surface area contributed by atoms with Gasteiger partial charge in [0.1, 0.15) is 12.6 Å². The molecule has 0 fully saturated rings. The highest BCUT2D eigenvalue weighted by Crippen LogP contribution is 2.21. The molecule has 3 heteroatoms. The molecule has 2 nitrogen and oxygen atoms in total. The van der Waals surface area contributed by atoms with Crippen molar-refractivity contribution in [3.63, 3.8) is 0 Å². The maximum absolute atomic E-state index is 10.4. The van der Waals surface area contributed by atoms with Gasteiger partial charge in [-0.2, -0.15) is 0 Å². The Balaban J connectivity index is 3.08. The van der Waals surface area contributed by atoms with E-state index >= 15 is 0 Å². The lowest BCUT2D eigenvalue weighted by Crippen LogP contribution is -2.01. The summed E-state index contributed by atoms with van der Waals surface area (Å²) < 4.78 is 0. The Morgan fingerprint density at radius 3 is 2.25 bits per heavy atom. The number of hydrogen-bond donors (Lipinski definition) is 0. The second-order valence-corrected chi connectivity index (χ2v) is 2.73. The van der Waals surface area contributed by atoms with Gasteiger partial charge in [-0.1, -0.05) is 29.8 Å². The van der Waals surface area contributed by atoms with Crippen molar-refractivity contribution >= 4 is 24.2 Å². The normalized spacial score (nSPS) is 9.83. The molecule has 0 bridgehead atoms. The summed E-state index contributed by atoms with van der Waals surface area (Å²) in [5, 5.41) is 0.446. The zero-order chi connectivity index (χ0) is 8.97. The molecule has 0 saturated heterocycles. The molecule has 0 radical (unpaired) electrons. The van der Waals surface area contributed by atoms with Gasteiger partial charge in [-0.15, -0.1) is 0 Å². The summed E-state index contributed by atoms with van der Waals surface area (Å²) in [7, 11) is 0. The van der Waals surface area contributed by atoms with E-state index in [-0.39, 0.29) is 0 Å². The zero-order valence-electron chi connectivity index (χ0n) is 6.24. The van der Waals surface area contributed by atoms with Crippen LogP contribution in [0.3, 0.4) is 0 Å². The average Bonchev–Trinajstić information content (AvgIpc) is 2.10. The second kappa shape index (κ2) is 4.02.